The summed E-state index contributed by atoms with van der Waals surface area (Å²) >= 11 is 1.36. The van der Waals surface area contributed by atoms with Crippen molar-refractivity contribution in [3.8, 4) is 5.75 Å². The predicted octanol–water partition coefficient (Wildman–Crippen LogP) is 1.64. The minimum Gasteiger partial charge on any atom is -0.497 e. The molecule has 1 aliphatic heterocycles. The summed E-state index contributed by atoms with van der Waals surface area (Å²) in [5.41, 5.74) is 1.75. The maximum Gasteiger partial charge on any atom is 0.236 e. The number of nitrogens with one attached hydrogen (secondary N) is 1. The molecule has 1 N–H and O–H groups in total. The molecule has 1 aromatic carbocycles. The lowest BCUT2D eigenvalue weighted by molar-refractivity contribution is -0.116. The smallest absolute Gasteiger partial charge is 0.236 e. The number of rotatable bonds is 3. The van der Waals surface area contributed by atoms with Gasteiger partial charge in [-0.05, 0) is 36.8 Å². The first kappa shape index (κ1) is 12.6. The monoisotopic (exact) mass is 263 g/mol. The Morgan fingerprint density at radius 2 is 2.11 bits per heavy atom. The van der Waals surface area contributed by atoms with Crippen molar-refractivity contribution in [2.24, 2.45) is 10.2 Å². The molecule has 6 heteroatoms. The molecule has 0 radical (unpaired) electrons. The molecule has 1 amide bonds. The van der Waals surface area contributed by atoms with Crippen LogP contribution in [0.4, 0.5) is 0 Å². The minimum atomic E-state index is -0.0314. The molecule has 0 atom stereocenters. The first-order valence-electron chi connectivity index (χ1n) is 5.38. The van der Waals surface area contributed by atoms with Gasteiger partial charge in [-0.2, -0.15) is 5.10 Å². The zero-order valence-corrected chi connectivity index (χ0v) is 11.0. The Morgan fingerprint density at radius 1 is 1.39 bits per heavy atom. The fourth-order valence-electron chi connectivity index (χ4n) is 1.39. The van der Waals surface area contributed by atoms with E-state index >= 15 is 0 Å². The summed E-state index contributed by atoms with van der Waals surface area (Å²) in [4.78, 5) is 11.0. The summed E-state index contributed by atoms with van der Waals surface area (Å²) in [5.74, 6) is 1.18. The number of hydrogen-bond acceptors (Lipinski definition) is 5. The maximum absolute atomic E-state index is 11.0. The van der Waals surface area contributed by atoms with E-state index in [9.17, 15) is 4.79 Å². The van der Waals surface area contributed by atoms with Gasteiger partial charge in [-0.15, -0.1) is 5.10 Å². The van der Waals surface area contributed by atoms with Crippen molar-refractivity contribution in [3.63, 3.8) is 0 Å². The Morgan fingerprint density at radius 3 is 2.67 bits per heavy atom. The van der Waals surface area contributed by atoms with Gasteiger partial charge in [-0.3, -0.25) is 4.79 Å². The normalized spacial score (nSPS) is 18.0. The number of ether oxygens (including phenoxy) is 1. The molecule has 1 saturated heterocycles. The quantitative estimate of drug-likeness (QED) is 0.666. The maximum atomic E-state index is 11.0. The van der Waals surface area contributed by atoms with E-state index in [0.717, 1.165) is 17.0 Å². The second-order valence-corrected chi connectivity index (χ2v) is 4.62. The van der Waals surface area contributed by atoms with E-state index in [1.165, 1.54) is 11.8 Å². The van der Waals surface area contributed by atoms with E-state index in [4.69, 9.17) is 4.74 Å². The number of carbonyl (C=O) groups is 1. The molecule has 18 heavy (non-hydrogen) atoms. The summed E-state index contributed by atoms with van der Waals surface area (Å²) < 4.78 is 5.08. The highest BCUT2D eigenvalue weighted by atomic mass is 32.2. The number of carbonyl (C=O) groups excluding carboxylic acids is 1. The second kappa shape index (κ2) is 5.68. The fraction of sp³-hybridized carbons (Fsp3) is 0.250. The van der Waals surface area contributed by atoms with E-state index in [2.05, 4.69) is 15.5 Å². The van der Waals surface area contributed by atoms with Crippen LogP contribution >= 0.6 is 11.8 Å². The molecule has 5 nitrogen and oxygen atoms in total. The summed E-state index contributed by atoms with van der Waals surface area (Å²) in [7, 11) is 1.63. The number of methoxy groups -OCH3 is 1. The molecule has 1 aromatic rings. The Labute approximate surface area is 109 Å². The van der Waals surface area contributed by atoms with Gasteiger partial charge in [0.2, 0.25) is 5.91 Å². The van der Waals surface area contributed by atoms with Gasteiger partial charge in [0.25, 0.3) is 0 Å². The highest BCUT2D eigenvalue weighted by Gasteiger charge is 2.16. The van der Waals surface area contributed by atoms with Gasteiger partial charge in [0, 0.05) is 0 Å². The number of benzene rings is 1. The van der Waals surface area contributed by atoms with Crippen LogP contribution in [0.5, 0.6) is 5.75 Å². The van der Waals surface area contributed by atoms with Gasteiger partial charge in [0.15, 0.2) is 5.17 Å². The third-order valence-electron chi connectivity index (χ3n) is 2.38. The molecule has 0 spiro atoms. The van der Waals surface area contributed by atoms with E-state index < -0.39 is 0 Å². The number of hydrogen-bond donors (Lipinski definition) is 1. The SMILES string of the molecule is COc1ccc(C(C)=N/N=C2/NC(=O)CS2)cc1. The fourth-order valence-corrected chi connectivity index (χ4v) is 2.01. The molecule has 0 bridgehead atoms. The zero-order valence-electron chi connectivity index (χ0n) is 10.1. The first-order valence-corrected chi connectivity index (χ1v) is 6.37. The van der Waals surface area contributed by atoms with Crippen LogP contribution in [0.25, 0.3) is 0 Å². The van der Waals surface area contributed by atoms with Crippen LogP contribution in [-0.2, 0) is 4.79 Å². The van der Waals surface area contributed by atoms with Crippen LogP contribution in [0, 0.1) is 0 Å². The summed E-state index contributed by atoms with van der Waals surface area (Å²) in [5, 5.41) is 11.3. The molecule has 0 unspecified atom stereocenters. The highest BCUT2D eigenvalue weighted by molar-refractivity contribution is 8.15. The van der Waals surface area contributed by atoms with E-state index in [1.54, 1.807) is 7.11 Å². The molecule has 1 heterocycles. The van der Waals surface area contributed by atoms with Gasteiger partial charge in [0.1, 0.15) is 5.75 Å². The van der Waals surface area contributed by atoms with Crippen molar-refractivity contribution in [2.75, 3.05) is 12.9 Å². The third-order valence-corrected chi connectivity index (χ3v) is 3.25. The average Bonchev–Trinajstić information content (AvgIpc) is 2.82. The topological polar surface area (TPSA) is 63.1 Å². The van der Waals surface area contributed by atoms with Crippen molar-refractivity contribution >= 4 is 28.5 Å². The minimum absolute atomic E-state index is 0.0314. The number of nitrogens with zero attached hydrogens (tertiary/aromatic N) is 2. The van der Waals surface area contributed by atoms with E-state index in [0.29, 0.717) is 10.9 Å². The van der Waals surface area contributed by atoms with Gasteiger partial charge < -0.3 is 10.1 Å². The van der Waals surface area contributed by atoms with Crippen molar-refractivity contribution in [2.45, 2.75) is 6.92 Å². The Kier molecular flexibility index (Phi) is 3.99. The molecule has 94 valence electrons. The largest absolute Gasteiger partial charge is 0.497 e. The van der Waals surface area contributed by atoms with Crippen molar-refractivity contribution in [1.82, 2.24) is 5.32 Å². The van der Waals surface area contributed by atoms with Crippen LogP contribution in [0.1, 0.15) is 12.5 Å². The van der Waals surface area contributed by atoms with Gasteiger partial charge >= 0.3 is 0 Å². The highest BCUT2D eigenvalue weighted by Crippen LogP contribution is 2.13. The van der Waals surface area contributed by atoms with Crippen LogP contribution in [0.15, 0.2) is 34.5 Å². The molecule has 2 rings (SSSR count). The summed E-state index contributed by atoms with van der Waals surface area (Å²) in [6.45, 7) is 1.87. The zero-order chi connectivity index (χ0) is 13.0. The predicted molar refractivity (Wildman–Crippen MR) is 73.2 cm³/mol. The lowest BCUT2D eigenvalue weighted by Gasteiger charge is -2.01. The average molecular weight is 263 g/mol. The Balaban J connectivity index is 2.10. The molecular formula is C12H13N3O2S. The van der Waals surface area contributed by atoms with Gasteiger partial charge in [0.05, 0.1) is 18.6 Å². The Hall–Kier alpha value is -1.82. The second-order valence-electron chi connectivity index (χ2n) is 3.66. The number of amidine groups is 1. The summed E-state index contributed by atoms with van der Waals surface area (Å²) in [6.07, 6.45) is 0. The van der Waals surface area contributed by atoms with E-state index in [1.807, 2.05) is 31.2 Å². The Bertz CT molecular complexity index is 509. The molecule has 0 aromatic heterocycles. The summed E-state index contributed by atoms with van der Waals surface area (Å²) in [6, 6.07) is 7.57. The third kappa shape index (κ3) is 3.10. The van der Waals surface area contributed by atoms with Gasteiger partial charge in [-0.1, -0.05) is 11.8 Å². The van der Waals surface area contributed by atoms with Crippen molar-refractivity contribution in [1.29, 1.82) is 0 Å². The van der Waals surface area contributed by atoms with Crippen molar-refractivity contribution in [3.05, 3.63) is 29.8 Å². The molecule has 1 aliphatic rings. The number of amides is 1. The molecule has 0 aliphatic carbocycles. The molecule has 1 fully saturated rings. The van der Waals surface area contributed by atoms with E-state index in [-0.39, 0.29) is 5.91 Å². The molecular weight excluding hydrogens is 250 g/mol. The van der Waals surface area contributed by atoms with Crippen LogP contribution < -0.4 is 10.1 Å². The van der Waals surface area contributed by atoms with Crippen LogP contribution in [0.3, 0.4) is 0 Å². The van der Waals surface area contributed by atoms with Crippen molar-refractivity contribution < 1.29 is 9.53 Å². The first-order chi connectivity index (χ1) is 8.69. The van der Waals surface area contributed by atoms with Gasteiger partial charge in [-0.25, -0.2) is 0 Å². The van der Waals surface area contributed by atoms with Crippen LogP contribution in [0.2, 0.25) is 0 Å². The van der Waals surface area contributed by atoms with Crippen LogP contribution in [-0.4, -0.2) is 29.6 Å². The lowest BCUT2D eigenvalue weighted by atomic mass is 10.1. The lowest BCUT2D eigenvalue weighted by Crippen LogP contribution is -2.19. The molecule has 0 saturated carbocycles. The standard InChI is InChI=1S/C12H13N3O2S/c1-8(9-3-5-10(17-2)6-4-9)14-15-12-13-11(16)7-18-12/h3-6H,7H2,1-2H3,(H,13,15,16). The number of thioether (sulfide) groups is 1.